The van der Waals surface area contributed by atoms with Crippen LogP contribution in [0.1, 0.15) is 6.42 Å². The zero-order chi connectivity index (χ0) is 4.99. The van der Waals surface area contributed by atoms with E-state index in [0.717, 1.165) is 0 Å². The predicted molar refractivity (Wildman–Crippen MR) is 19.4 cm³/mol. The van der Waals surface area contributed by atoms with Gasteiger partial charge < -0.3 is 5.73 Å². The van der Waals surface area contributed by atoms with Gasteiger partial charge >= 0.3 is 29.6 Å². The summed E-state index contributed by atoms with van der Waals surface area (Å²) < 4.78 is 0. The molecule has 0 aromatic rings. The molecule has 0 rings (SSSR count). The van der Waals surface area contributed by atoms with Gasteiger partial charge in [0.25, 0.3) is 0 Å². The van der Waals surface area contributed by atoms with E-state index in [2.05, 4.69) is 5.73 Å². The fraction of sp³-hybridized carbons (Fsp3) is 0.333. The van der Waals surface area contributed by atoms with Crippen molar-refractivity contribution in [3.8, 4) is 6.07 Å². The summed E-state index contributed by atoms with van der Waals surface area (Å²) in [6.45, 7) is 0. The summed E-state index contributed by atoms with van der Waals surface area (Å²) >= 11 is 0. The molecule has 0 heterocycles. The Kier molecular flexibility index (Phi) is 8.56. The quantitative estimate of drug-likeness (QED) is 0.352. The molecule has 1 amide bonds. The Morgan fingerprint density at radius 1 is 1.86 bits per heavy atom. The molecule has 2 N–H and O–H groups in total. The molecule has 0 bridgehead atoms. The van der Waals surface area contributed by atoms with E-state index in [0.29, 0.717) is 0 Å². The maximum atomic E-state index is 9.60. The summed E-state index contributed by atoms with van der Waals surface area (Å²) in [4.78, 5) is 9.60. The zero-order valence-corrected chi connectivity index (χ0v) is 6.14. The molecular formula is C3H4N2NaO+. The van der Waals surface area contributed by atoms with E-state index in [-0.39, 0.29) is 36.0 Å². The van der Waals surface area contributed by atoms with Crippen LogP contribution in [-0.4, -0.2) is 5.91 Å². The van der Waals surface area contributed by atoms with Gasteiger partial charge in [-0.2, -0.15) is 5.26 Å². The van der Waals surface area contributed by atoms with Crippen molar-refractivity contribution in [3.63, 3.8) is 0 Å². The average Bonchev–Trinajstić information content (AvgIpc) is 1.35. The number of primary amides is 1. The van der Waals surface area contributed by atoms with Crippen molar-refractivity contribution in [1.82, 2.24) is 0 Å². The predicted octanol–water partition coefficient (Wildman–Crippen LogP) is -3.61. The summed E-state index contributed by atoms with van der Waals surface area (Å²) in [7, 11) is 0. The number of hydrogen-bond donors (Lipinski definition) is 1. The van der Waals surface area contributed by atoms with E-state index in [1.165, 1.54) is 0 Å². The number of rotatable bonds is 1. The molecule has 0 radical (unpaired) electrons. The number of nitrogens with zero attached hydrogens (tertiary/aromatic N) is 1. The summed E-state index contributed by atoms with van der Waals surface area (Å²) in [5.41, 5.74) is 4.54. The third-order valence-corrected chi connectivity index (χ3v) is 0.253. The summed E-state index contributed by atoms with van der Waals surface area (Å²) in [5, 5.41) is 7.69. The number of carbonyl (C=O) groups is 1. The molecule has 0 saturated carbocycles. The van der Waals surface area contributed by atoms with Crippen LogP contribution in [-0.2, 0) is 4.79 Å². The molecule has 7 heavy (non-hydrogen) atoms. The number of nitrogens with two attached hydrogens (primary N) is 1. The Labute approximate surface area is 63.8 Å². The summed E-state index contributed by atoms with van der Waals surface area (Å²) in [5.74, 6) is -0.572. The van der Waals surface area contributed by atoms with Crippen LogP contribution in [0.15, 0.2) is 0 Å². The van der Waals surface area contributed by atoms with E-state index in [4.69, 9.17) is 5.26 Å². The van der Waals surface area contributed by atoms with Crippen molar-refractivity contribution in [3.05, 3.63) is 0 Å². The third kappa shape index (κ3) is 10.7. The first-order valence-electron chi connectivity index (χ1n) is 1.42. The first-order chi connectivity index (χ1) is 2.77. The molecule has 32 valence electrons. The van der Waals surface area contributed by atoms with Gasteiger partial charge in [-0.05, 0) is 0 Å². The van der Waals surface area contributed by atoms with Crippen LogP contribution in [0.5, 0.6) is 0 Å². The van der Waals surface area contributed by atoms with Crippen molar-refractivity contribution in [1.29, 1.82) is 5.26 Å². The molecule has 3 nitrogen and oxygen atoms in total. The topological polar surface area (TPSA) is 66.9 Å². The van der Waals surface area contributed by atoms with E-state index in [1.807, 2.05) is 0 Å². The van der Waals surface area contributed by atoms with Gasteiger partial charge in [-0.1, -0.05) is 0 Å². The van der Waals surface area contributed by atoms with E-state index in [1.54, 1.807) is 6.07 Å². The third-order valence-electron chi connectivity index (χ3n) is 0.253. The summed E-state index contributed by atoms with van der Waals surface area (Å²) in [6, 6.07) is 1.59. The largest absolute Gasteiger partial charge is 1.00 e. The van der Waals surface area contributed by atoms with Crippen LogP contribution in [0.4, 0.5) is 0 Å². The van der Waals surface area contributed by atoms with Crippen LogP contribution in [0.25, 0.3) is 0 Å². The number of nitriles is 1. The minimum atomic E-state index is -0.572. The smallest absolute Gasteiger partial charge is 0.369 e. The van der Waals surface area contributed by atoms with Crippen molar-refractivity contribution < 1.29 is 34.4 Å². The van der Waals surface area contributed by atoms with Crippen LogP contribution in [0.3, 0.4) is 0 Å². The van der Waals surface area contributed by atoms with Gasteiger partial charge in [-0.3, -0.25) is 4.79 Å². The zero-order valence-electron chi connectivity index (χ0n) is 4.14. The van der Waals surface area contributed by atoms with Crippen molar-refractivity contribution >= 4 is 5.91 Å². The van der Waals surface area contributed by atoms with Crippen molar-refractivity contribution in [2.45, 2.75) is 6.42 Å². The molecule has 0 aromatic heterocycles. The molecule has 0 aromatic carbocycles. The molecule has 0 atom stereocenters. The molecule has 0 spiro atoms. The monoisotopic (exact) mass is 107 g/mol. The first-order valence-corrected chi connectivity index (χ1v) is 1.42. The Bertz CT molecular complexity index is 95.6. The van der Waals surface area contributed by atoms with Crippen LogP contribution >= 0.6 is 0 Å². The first kappa shape index (κ1) is 10.0. The molecule has 0 aliphatic rings. The van der Waals surface area contributed by atoms with E-state index < -0.39 is 5.91 Å². The van der Waals surface area contributed by atoms with Crippen molar-refractivity contribution in [2.24, 2.45) is 5.73 Å². The standard InChI is InChI=1S/C3H4N2O.Na/c4-2-1-3(5)6;/h1H2,(H2,5,6);/q;+1. The van der Waals surface area contributed by atoms with E-state index in [9.17, 15) is 4.79 Å². The maximum Gasteiger partial charge on any atom is 1.00 e. The van der Waals surface area contributed by atoms with Crippen molar-refractivity contribution in [2.75, 3.05) is 0 Å². The fourth-order valence-corrected chi connectivity index (χ4v) is 0.0779. The molecule has 0 unspecified atom stereocenters. The second-order valence-corrected chi connectivity index (χ2v) is 0.801. The maximum absolute atomic E-state index is 9.60. The molecule has 0 saturated heterocycles. The van der Waals surface area contributed by atoms with Gasteiger partial charge in [0.1, 0.15) is 6.42 Å². The molecule has 0 fully saturated rings. The summed E-state index contributed by atoms with van der Waals surface area (Å²) in [6.07, 6.45) is -0.181. The van der Waals surface area contributed by atoms with Gasteiger partial charge in [0, 0.05) is 0 Å². The normalized spacial score (nSPS) is 5.57. The van der Waals surface area contributed by atoms with Gasteiger partial charge in [0.2, 0.25) is 5.91 Å². The SMILES string of the molecule is N#CCC(N)=O.[Na+]. The molecule has 0 aliphatic carbocycles. The molecule has 4 heteroatoms. The number of carbonyl (C=O) groups excluding carboxylic acids is 1. The molecular weight excluding hydrogens is 103 g/mol. The Morgan fingerprint density at radius 3 is 2.29 bits per heavy atom. The van der Waals surface area contributed by atoms with Gasteiger partial charge in [-0.15, -0.1) is 0 Å². The minimum absolute atomic E-state index is 0. The second kappa shape index (κ2) is 5.96. The number of amides is 1. The Morgan fingerprint density at radius 2 is 2.29 bits per heavy atom. The van der Waals surface area contributed by atoms with Crippen LogP contribution < -0.4 is 35.3 Å². The number of hydrogen-bond acceptors (Lipinski definition) is 2. The molecule has 0 aliphatic heterocycles. The minimum Gasteiger partial charge on any atom is -0.369 e. The van der Waals surface area contributed by atoms with Crippen LogP contribution in [0.2, 0.25) is 0 Å². The van der Waals surface area contributed by atoms with Crippen LogP contribution in [0, 0.1) is 11.3 Å². The van der Waals surface area contributed by atoms with E-state index >= 15 is 0 Å². The Hall–Kier alpha value is -0.0400. The van der Waals surface area contributed by atoms with Gasteiger partial charge in [0.05, 0.1) is 6.07 Å². The van der Waals surface area contributed by atoms with Gasteiger partial charge in [0.15, 0.2) is 0 Å². The second-order valence-electron chi connectivity index (χ2n) is 0.801. The average molecular weight is 107 g/mol. The fourth-order valence-electron chi connectivity index (χ4n) is 0.0779. The van der Waals surface area contributed by atoms with Gasteiger partial charge in [-0.25, -0.2) is 0 Å². The Balaban J connectivity index is 0.